The number of pyridine rings is 1. The first kappa shape index (κ1) is 13.5. The molecule has 0 bridgehead atoms. The molecule has 0 fully saturated rings. The van der Waals surface area contributed by atoms with Gasteiger partial charge in [0.25, 0.3) is 5.91 Å². The number of hydrogen-bond acceptors (Lipinski definition) is 5. The predicted octanol–water partition coefficient (Wildman–Crippen LogP) is 1.83. The van der Waals surface area contributed by atoms with Gasteiger partial charge in [0, 0.05) is 18.0 Å². The number of aromatic nitrogens is 1. The number of carbonyl (C=O) groups is 2. The highest BCUT2D eigenvalue weighted by Gasteiger charge is 2.16. The van der Waals surface area contributed by atoms with Gasteiger partial charge >= 0.3 is 5.97 Å². The van der Waals surface area contributed by atoms with E-state index < -0.39 is 11.9 Å². The Kier molecular flexibility index (Phi) is 3.95. The highest BCUT2D eigenvalue weighted by Crippen LogP contribution is 2.28. The molecule has 0 aliphatic heterocycles. The van der Waals surface area contributed by atoms with Gasteiger partial charge in [0.15, 0.2) is 5.75 Å². The number of nitrogens with zero attached hydrogens (tertiary/aromatic N) is 1. The van der Waals surface area contributed by atoms with Gasteiger partial charge in [-0.25, -0.2) is 4.79 Å². The third-order valence-corrected chi connectivity index (χ3v) is 2.63. The summed E-state index contributed by atoms with van der Waals surface area (Å²) in [7, 11) is 1.21. The number of rotatable bonds is 3. The minimum atomic E-state index is -0.678. The van der Waals surface area contributed by atoms with Crippen molar-refractivity contribution in [3.05, 3.63) is 53.9 Å². The molecular formula is C14H12N2O4. The summed E-state index contributed by atoms with van der Waals surface area (Å²) in [4.78, 5) is 27.2. The molecular weight excluding hydrogens is 260 g/mol. The highest BCUT2D eigenvalue weighted by molar-refractivity contribution is 6.06. The van der Waals surface area contributed by atoms with E-state index in [1.807, 2.05) is 0 Å². The fourth-order valence-electron chi connectivity index (χ4n) is 1.62. The Hall–Kier alpha value is -2.89. The lowest BCUT2D eigenvalue weighted by Gasteiger charge is -2.09. The van der Waals surface area contributed by atoms with Gasteiger partial charge in [-0.1, -0.05) is 6.07 Å². The van der Waals surface area contributed by atoms with Gasteiger partial charge in [0.05, 0.1) is 12.8 Å². The maximum atomic E-state index is 12.0. The van der Waals surface area contributed by atoms with Crippen molar-refractivity contribution in [1.29, 1.82) is 0 Å². The van der Waals surface area contributed by atoms with Gasteiger partial charge in [-0.15, -0.1) is 0 Å². The number of nitrogens with one attached hydrogen (secondary N) is 1. The molecule has 2 rings (SSSR count). The number of benzene rings is 1. The third-order valence-electron chi connectivity index (χ3n) is 2.63. The van der Waals surface area contributed by atoms with Crippen molar-refractivity contribution >= 4 is 17.6 Å². The molecule has 0 unspecified atom stereocenters. The lowest BCUT2D eigenvalue weighted by Crippen LogP contribution is -2.13. The first-order valence-electron chi connectivity index (χ1n) is 5.75. The molecule has 2 N–H and O–H groups in total. The van der Waals surface area contributed by atoms with Crippen LogP contribution in [-0.4, -0.2) is 29.1 Å². The second kappa shape index (κ2) is 5.83. The van der Waals surface area contributed by atoms with Crippen molar-refractivity contribution in [3.8, 4) is 5.75 Å². The molecule has 0 radical (unpaired) electrons. The largest absolute Gasteiger partial charge is 0.505 e. The Morgan fingerprint density at radius 1 is 1.20 bits per heavy atom. The number of hydrogen-bond donors (Lipinski definition) is 2. The van der Waals surface area contributed by atoms with E-state index in [-0.39, 0.29) is 17.0 Å². The van der Waals surface area contributed by atoms with E-state index in [0.29, 0.717) is 5.56 Å². The molecule has 0 aliphatic rings. The van der Waals surface area contributed by atoms with Crippen LogP contribution in [0.5, 0.6) is 5.75 Å². The fourth-order valence-corrected chi connectivity index (χ4v) is 1.62. The van der Waals surface area contributed by atoms with Crippen LogP contribution >= 0.6 is 0 Å². The van der Waals surface area contributed by atoms with Crippen molar-refractivity contribution in [2.24, 2.45) is 0 Å². The van der Waals surface area contributed by atoms with Gasteiger partial charge < -0.3 is 15.2 Å². The second-order valence-corrected chi connectivity index (χ2v) is 3.88. The lowest BCUT2D eigenvalue weighted by molar-refractivity contribution is 0.0597. The molecule has 6 heteroatoms. The van der Waals surface area contributed by atoms with Crippen LogP contribution in [0.15, 0.2) is 42.7 Å². The number of para-hydroxylation sites is 1. The van der Waals surface area contributed by atoms with Crippen LogP contribution in [-0.2, 0) is 4.74 Å². The Morgan fingerprint density at radius 2 is 1.90 bits per heavy atom. The van der Waals surface area contributed by atoms with Crippen molar-refractivity contribution in [2.75, 3.05) is 12.4 Å². The summed E-state index contributed by atoms with van der Waals surface area (Å²) in [5, 5.41) is 12.5. The molecule has 20 heavy (non-hydrogen) atoms. The second-order valence-electron chi connectivity index (χ2n) is 3.88. The van der Waals surface area contributed by atoms with Gasteiger partial charge in [0.1, 0.15) is 5.56 Å². The number of esters is 1. The summed E-state index contributed by atoms with van der Waals surface area (Å²) in [6.07, 6.45) is 2.97. The topological polar surface area (TPSA) is 88.5 Å². The fraction of sp³-hybridized carbons (Fsp3) is 0.0714. The molecule has 0 saturated heterocycles. The lowest BCUT2D eigenvalue weighted by atomic mass is 10.1. The zero-order chi connectivity index (χ0) is 14.5. The summed E-state index contributed by atoms with van der Waals surface area (Å²) in [6, 6.07) is 7.51. The van der Waals surface area contributed by atoms with E-state index in [9.17, 15) is 14.7 Å². The minimum absolute atomic E-state index is 0.0139. The van der Waals surface area contributed by atoms with Gasteiger partial charge in [0.2, 0.25) is 0 Å². The quantitative estimate of drug-likeness (QED) is 0.657. The minimum Gasteiger partial charge on any atom is -0.505 e. The van der Waals surface area contributed by atoms with Crippen molar-refractivity contribution in [2.45, 2.75) is 0 Å². The average molecular weight is 272 g/mol. The summed E-state index contributed by atoms with van der Waals surface area (Å²) in [5.74, 6) is -1.42. The Bertz CT molecular complexity index is 641. The zero-order valence-electron chi connectivity index (χ0n) is 10.7. The molecule has 1 aromatic carbocycles. The predicted molar refractivity (Wildman–Crippen MR) is 71.6 cm³/mol. The van der Waals surface area contributed by atoms with Gasteiger partial charge in [-0.05, 0) is 24.3 Å². The van der Waals surface area contributed by atoms with E-state index in [1.54, 1.807) is 0 Å². The number of aromatic hydroxyl groups is 1. The van der Waals surface area contributed by atoms with Crippen LogP contribution in [0, 0.1) is 0 Å². The van der Waals surface area contributed by atoms with E-state index in [4.69, 9.17) is 0 Å². The number of anilines is 1. The van der Waals surface area contributed by atoms with Gasteiger partial charge in [-0.2, -0.15) is 0 Å². The third kappa shape index (κ3) is 2.74. The maximum Gasteiger partial charge on any atom is 0.341 e. The Balaban J connectivity index is 2.26. The average Bonchev–Trinajstić information content (AvgIpc) is 2.49. The molecule has 0 aliphatic carbocycles. The molecule has 1 heterocycles. The number of phenols is 1. The number of methoxy groups -OCH3 is 1. The van der Waals surface area contributed by atoms with Crippen LogP contribution in [0.4, 0.5) is 5.69 Å². The van der Waals surface area contributed by atoms with E-state index >= 15 is 0 Å². The first-order chi connectivity index (χ1) is 9.63. The van der Waals surface area contributed by atoms with Crippen LogP contribution < -0.4 is 5.32 Å². The van der Waals surface area contributed by atoms with Crippen LogP contribution in [0.1, 0.15) is 20.7 Å². The summed E-state index contributed by atoms with van der Waals surface area (Å²) in [5.41, 5.74) is 0.512. The molecule has 102 valence electrons. The van der Waals surface area contributed by atoms with Gasteiger partial charge in [-0.3, -0.25) is 9.78 Å². The molecule has 1 aromatic heterocycles. The summed E-state index contributed by atoms with van der Waals surface area (Å²) in [6.45, 7) is 0. The number of phenolic OH excluding ortho intramolecular Hbond substituents is 1. The normalized spacial score (nSPS) is 9.85. The first-order valence-corrected chi connectivity index (χ1v) is 5.75. The SMILES string of the molecule is COC(=O)c1cccc(NC(=O)c2ccncc2)c1O. The zero-order valence-corrected chi connectivity index (χ0v) is 10.7. The Morgan fingerprint density at radius 3 is 2.55 bits per heavy atom. The maximum absolute atomic E-state index is 12.0. The van der Waals surface area contributed by atoms with Crippen LogP contribution in [0.25, 0.3) is 0 Å². The number of ether oxygens (including phenoxy) is 1. The summed E-state index contributed by atoms with van der Waals surface area (Å²) < 4.78 is 4.54. The molecule has 6 nitrogen and oxygen atoms in total. The monoisotopic (exact) mass is 272 g/mol. The van der Waals surface area contributed by atoms with Crippen molar-refractivity contribution < 1.29 is 19.4 Å². The number of carbonyl (C=O) groups excluding carboxylic acids is 2. The molecule has 0 atom stereocenters. The Labute approximate surface area is 115 Å². The van der Waals surface area contributed by atoms with Crippen molar-refractivity contribution in [1.82, 2.24) is 4.98 Å². The molecule has 0 spiro atoms. The number of amides is 1. The summed E-state index contributed by atoms with van der Waals surface area (Å²) >= 11 is 0. The van der Waals surface area contributed by atoms with E-state index in [2.05, 4.69) is 15.0 Å². The van der Waals surface area contributed by atoms with Crippen molar-refractivity contribution in [3.63, 3.8) is 0 Å². The van der Waals surface area contributed by atoms with E-state index in [1.165, 1.54) is 49.8 Å². The van der Waals surface area contributed by atoms with E-state index in [0.717, 1.165) is 0 Å². The molecule has 0 saturated carbocycles. The standard InChI is InChI=1S/C14H12N2O4/c1-20-14(19)10-3-2-4-11(12(10)17)16-13(18)9-5-7-15-8-6-9/h2-8,17H,1H3,(H,16,18). The molecule has 2 aromatic rings. The van der Waals surface area contributed by atoms with Crippen LogP contribution in [0.2, 0.25) is 0 Å². The smallest absolute Gasteiger partial charge is 0.341 e. The molecule has 1 amide bonds. The highest BCUT2D eigenvalue weighted by atomic mass is 16.5. The van der Waals surface area contributed by atoms with Crippen LogP contribution in [0.3, 0.4) is 0 Å².